The topological polar surface area (TPSA) is 54.4 Å². The molecule has 0 aliphatic carbocycles. The van der Waals surface area contributed by atoms with E-state index in [1.165, 1.54) is 0 Å². The lowest BCUT2D eigenvalue weighted by Gasteiger charge is -2.06. The standard InChI is InChI=1S/C12H14O3/c1-8-4-3-5-10(9(8)2)11(13)6-7-12(14)15/h3-5H,6-7H2,1-2H3,(H,14,15). The van der Waals surface area contributed by atoms with E-state index in [4.69, 9.17) is 5.11 Å². The predicted octanol–water partition coefficient (Wildman–Crippen LogP) is 2.35. The molecule has 0 bridgehead atoms. The van der Waals surface area contributed by atoms with Gasteiger partial charge in [0.2, 0.25) is 0 Å². The fourth-order valence-corrected chi connectivity index (χ4v) is 1.41. The van der Waals surface area contributed by atoms with Gasteiger partial charge in [-0.15, -0.1) is 0 Å². The van der Waals surface area contributed by atoms with Gasteiger partial charge in [-0.05, 0) is 25.0 Å². The lowest BCUT2D eigenvalue weighted by Crippen LogP contribution is -2.06. The summed E-state index contributed by atoms with van der Waals surface area (Å²) < 4.78 is 0. The minimum atomic E-state index is -0.936. The molecule has 0 saturated heterocycles. The summed E-state index contributed by atoms with van der Waals surface area (Å²) >= 11 is 0. The molecule has 80 valence electrons. The number of hydrogen-bond acceptors (Lipinski definition) is 2. The number of Topliss-reactive ketones (excluding diaryl/α,β-unsaturated/α-hetero) is 1. The van der Waals surface area contributed by atoms with Crippen LogP contribution in [0.25, 0.3) is 0 Å². The summed E-state index contributed by atoms with van der Waals surface area (Å²) in [4.78, 5) is 22.0. The number of rotatable bonds is 4. The second-order valence-corrected chi connectivity index (χ2v) is 3.56. The second-order valence-electron chi connectivity index (χ2n) is 3.56. The Morgan fingerprint density at radius 2 is 1.87 bits per heavy atom. The van der Waals surface area contributed by atoms with Crippen LogP contribution in [0.4, 0.5) is 0 Å². The van der Waals surface area contributed by atoms with Gasteiger partial charge in [-0.3, -0.25) is 9.59 Å². The summed E-state index contributed by atoms with van der Waals surface area (Å²) in [6.07, 6.45) is -0.0359. The average Bonchev–Trinajstić information content (AvgIpc) is 2.18. The van der Waals surface area contributed by atoms with Crippen molar-refractivity contribution in [3.63, 3.8) is 0 Å². The van der Waals surface area contributed by atoms with Crippen LogP contribution >= 0.6 is 0 Å². The van der Waals surface area contributed by atoms with Crippen molar-refractivity contribution in [3.8, 4) is 0 Å². The Labute approximate surface area is 88.7 Å². The van der Waals surface area contributed by atoms with E-state index in [-0.39, 0.29) is 18.6 Å². The van der Waals surface area contributed by atoms with E-state index in [9.17, 15) is 9.59 Å². The van der Waals surface area contributed by atoms with Crippen molar-refractivity contribution >= 4 is 11.8 Å². The first-order valence-corrected chi connectivity index (χ1v) is 4.83. The minimum Gasteiger partial charge on any atom is -0.481 e. The lowest BCUT2D eigenvalue weighted by atomic mass is 9.98. The summed E-state index contributed by atoms with van der Waals surface area (Å²) in [6, 6.07) is 5.49. The van der Waals surface area contributed by atoms with Crippen LogP contribution in [0.5, 0.6) is 0 Å². The molecule has 1 rings (SSSR count). The third-order valence-electron chi connectivity index (χ3n) is 2.47. The highest BCUT2D eigenvalue weighted by Gasteiger charge is 2.11. The number of carboxylic acids is 1. The molecule has 0 spiro atoms. The summed E-state index contributed by atoms with van der Waals surface area (Å²) in [6.45, 7) is 3.81. The van der Waals surface area contributed by atoms with Crippen LogP contribution < -0.4 is 0 Å². The van der Waals surface area contributed by atoms with E-state index in [1.54, 1.807) is 6.07 Å². The zero-order chi connectivity index (χ0) is 11.4. The zero-order valence-corrected chi connectivity index (χ0v) is 8.91. The molecular weight excluding hydrogens is 192 g/mol. The summed E-state index contributed by atoms with van der Waals surface area (Å²) in [5, 5.41) is 8.48. The van der Waals surface area contributed by atoms with E-state index in [0.29, 0.717) is 5.56 Å². The highest BCUT2D eigenvalue weighted by atomic mass is 16.4. The third-order valence-corrected chi connectivity index (χ3v) is 2.47. The molecule has 0 aliphatic rings. The molecule has 0 atom stereocenters. The zero-order valence-electron chi connectivity index (χ0n) is 8.91. The molecule has 1 aromatic rings. The number of aliphatic carboxylic acids is 1. The van der Waals surface area contributed by atoms with Crippen molar-refractivity contribution in [1.29, 1.82) is 0 Å². The first-order chi connectivity index (χ1) is 7.02. The molecule has 0 aromatic heterocycles. The van der Waals surface area contributed by atoms with Crippen LogP contribution in [0.3, 0.4) is 0 Å². The van der Waals surface area contributed by atoms with Gasteiger partial charge < -0.3 is 5.11 Å². The van der Waals surface area contributed by atoms with E-state index in [0.717, 1.165) is 11.1 Å². The van der Waals surface area contributed by atoms with Gasteiger partial charge in [0, 0.05) is 12.0 Å². The maximum absolute atomic E-state index is 11.7. The number of aryl methyl sites for hydroxylation is 1. The molecule has 0 saturated carbocycles. The summed E-state index contributed by atoms with van der Waals surface area (Å²) in [7, 11) is 0. The van der Waals surface area contributed by atoms with Gasteiger partial charge in [-0.25, -0.2) is 0 Å². The van der Waals surface area contributed by atoms with Gasteiger partial charge in [-0.1, -0.05) is 18.2 Å². The highest BCUT2D eigenvalue weighted by molar-refractivity contribution is 5.98. The first kappa shape index (κ1) is 11.4. The number of ketones is 1. The van der Waals surface area contributed by atoms with Crippen LogP contribution in [0.1, 0.15) is 34.3 Å². The summed E-state index contributed by atoms with van der Waals surface area (Å²) in [5.74, 6) is -1.03. The normalized spacial score (nSPS) is 10.0. The molecule has 3 nitrogen and oxygen atoms in total. The molecule has 0 heterocycles. The van der Waals surface area contributed by atoms with Crippen molar-refractivity contribution in [2.75, 3.05) is 0 Å². The molecule has 0 unspecified atom stereocenters. The van der Waals surface area contributed by atoms with Crippen molar-refractivity contribution in [2.45, 2.75) is 26.7 Å². The Hall–Kier alpha value is -1.64. The van der Waals surface area contributed by atoms with Crippen molar-refractivity contribution in [1.82, 2.24) is 0 Å². The van der Waals surface area contributed by atoms with Crippen molar-refractivity contribution in [3.05, 3.63) is 34.9 Å². The molecule has 3 heteroatoms. The van der Waals surface area contributed by atoms with Gasteiger partial charge in [0.05, 0.1) is 6.42 Å². The molecular formula is C12H14O3. The minimum absolute atomic E-state index is 0.0691. The largest absolute Gasteiger partial charge is 0.481 e. The van der Waals surface area contributed by atoms with E-state index in [1.807, 2.05) is 26.0 Å². The maximum atomic E-state index is 11.7. The quantitative estimate of drug-likeness (QED) is 0.769. The fraction of sp³-hybridized carbons (Fsp3) is 0.333. The molecule has 0 fully saturated rings. The predicted molar refractivity (Wildman–Crippen MR) is 57.1 cm³/mol. The molecule has 1 aromatic carbocycles. The number of hydrogen-bond donors (Lipinski definition) is 1. The second kappa shape index (κ2) is 4.73. The molecule has 1 N–H and O–H groups in total. The number of carbonyl (C=O) groups is 2. The van der Waals surface area contributed by atoms with Crippen LogP contribution in [-0.4, -0.2) is 16.9 Å². The van der Waals surface area contributed by atoms with E-state index >= 15 is 0 Å². The van der Waals surface area contributed by atoms with E-state index in [2.05, 4.69) is 0 Å². The van der Waals surface area contributed by atoms with Gasteiger partial charge in [-0.2, -0.15) is 0 Å². The lowest BCUT2D eigenvalue weighted by molar-refractivity contribution is -0.136. The van der Waals surface area contributed by atoms with Gasteiger partial charge in [0.1, 0.15) is 0 Å². The maximum Gasteiger partial charge on any atom is 0.303 e. The van der Waals surface area contributed by atoms with E-state index < -0.39 is 5.97 Å². The molecule has 0 amide bonds. The van der Waals surface area contributed by atoms with Crippen LogP contribution in [0, 0.1) is 13.8 Å². The van der Waals surface area contributed by atoms with Crippen LogP contribution in [-0.2, 0) is 4.79 Å². The van der Waals surface area contributed by atoms with Gasteiger partial charge in [0.15, 0.2) is 5.78 Å². The SMILES string of the molecule is Cc1cccc(C(=O)CCC(=O)O)c1C. The third kappa shape index (κ3) is 2.91. The molecule has 0 radical (unpaired) electrons. The van der Waals surface area contributed by atoms with Crippen molar-refractivity contribution < 1.29 is 14.7 Å². The summed E-state index contributed by atoms with van der Waals surface area (Å²) in [5.41, 5.74) is 2.63. The fourth-order valence-electron chi connectivity index (χ4n) is 1.41. The van der Waals surface area contributed by atoms with Crippen LogP contribution in [0.15, 0.2) is 18.2 Å². The average molecular weight is 206 g/mol. The molecule has 0 aliphatic heterocycles. The van der Waals surface area contributed by atoms with Crippen LogP contribution in [0.2, 0.25) is 0 Å². The van der Waals surface area contributed by atoms with Gasteiger partial charge in [0.25, 0.3) is 0 Å². The Morgan fingerprint density at radius 3 is 2.47 bits per heavy atom. The monoisotopic (exact) mass is 206 g/mol. The molecule has 15 heavy (non-hydrogen) atoms. The van der Waals surface area contributed by atoms with Crippen molar-refractivity contribution in [2.24, 2.45) is 0 Å². The number of carboxylic acid groups (broad SMARTS) is 1. The Kier molecular flexibility index (Phi) is 3.61. The number of carbonyl (C=O) groups excluding carboxylic acids is 1. The highest BCUT2D eigenvalue weighted by Crippen LogP contribution is 2.15. The Morgan fingerprint density at radius 1 is 1.20 bits per heavy atom. The number of benzene rings is 1. The Balaban J connectivity index is 2.82. The Bertz CT molecular complexity index is 394. The first-order valence-electron chi connectivity index (χ1n) is 4.83. The van der Waals surface area contributed by atoms with Gasteiger partial charge >= 0.3 is 5.97 Å². The smallest absolute Gasteiger partial charge is 0.303 e.